The third-order valence-corrected chi connectivity index (χ3v) is 4.21. The maximum atomic E-state index is 11.5. The van der Waals surface area contributed by atoms with Gasteiger partial charge in [-0.2, -0.15) is 0 Å². The molecule has 4 nitrogen and oxygen atoms in total. The normalized spacial score (nSPS) is 13.2. The van der Waals surface area contributed by atoms with Gasteiger partial charge in [0, 0.05) is 0 Å². The summed E-state index contributed by atoms with van der Waals surface area (Å²) in [7, 11) is 0. The SMILES string of the molecule is O=C(O)C(CCC(Cc1ccccc1)C(=O)O)Cc1ccccc1. The number of hydrogen-bond acceptors (Lipinski definition) is 2. The van der Waals surface area contributed by atoms with E-state index < -0.39 is 23.8 Å². The van der Waals surface area contributed by atoms with Gasteiger partial charge >= 0.3 is 11.9 Å². The van der Waals surface area contributed by atoms with Crippen LogP contribution in [0.5, 0.6) is 0 Å². The molecule has 0 saturated heterocycles. The van der Waals surface area contributed by atoms with Crippen molar-refractivity contribution in [1.82, 2.24) is 0 Å². The second-order valence-electron chi connectivity index (χ2n) is 6.03. The van der Waals surface area contributed by atoms with Crippen LogP contribution in [0, 0.1) is 11.8 Å². The molecule has 24 heavy (non-hydrogen) atoms. The number of hydrogen-bond donors (Lipinski definition) is 2. The highest BCUT2D eigenvalue weighted by molar-refractivity contribution is 5.72. The summed E-state index contributed by atoms with van der Waals surface area (Å²) in [6.07, 6.45) is 1.56. The zero-order valence-electron chi connectivity index (χ0n) is 13.5. The Morgan fingerprint density at radius 2 is 1.00 bits per heavy atom. The van der Waals surface area contributed by atoms with Crippen molar-refractivity contribution < 1.29 is 19.8 Å². The van der Waals surface area contributed by atoms with Crippen molar-refractivity contribution in [2.75, 3.05) is 0 Å². The molecular formula is C20H22O4. The molecule has 0 spiro atoms. The summed E-state index contributed by atoms with van der Waals surface area (Å²) in [6.45, 7) is 0. The Bertz CT molecular complexity index is 592. The molecule has 0 bridgehead atoms. The lowest BCUT2D eigenvalue weighted by Crippen LogP contribution is -2.22. The molecule has 2 atom stereocenters. The molecule has 0 aromatic heterocycles. The maximum Gasteiger partial charge on any atom is 0.306 e. The van der Waals surface area contributed by atoms with E-state index in [1.54, 1.807) is 0 Å². The minimum absolute atomic E-state index is 0.355. The molecular weight excluding hydrogens is 304 g/mol. The van der Waals surface area contributed by atoms with Crippen LogP contribution in [-0.2, 0) is 22.4 Å². The van der Waals surface area contributed by atoms with Crippen molar-refractivity contribution in [2.45, 2.75) is 25.7 Å². The van der Waals surface area contributed by atoms with Crippen molar-refractivity contribution in [3.63, 3.8) is 0 Å². The minimum Gasteiger partial charge on any atom is -0.481 e. The van der Waals surface area contributed by atoms with Gasteiger partial charge in [-0.1, -0.05) is 60.7 Å². The van der Waals surface area contributed by atoms with Gasteiger partial charge in [0.1, 0.15) is 0 Å². The molecule has 2 unspecified atom stereocenters. The Hall–Kier alpha value is -2.62. The highest BCUT2D eigenvalue weighted by Gasteiger charge is 2.23. The number of benzene rings is 2. The van der Waals surface area contributed by atoms with Gasteiger partial charge < -0.3 is 10.2 Å². The molecule has 0 aliphatic heterocycles. The quantitative estimate of drug-likeness (QED) is 0.737. The Labute approximate surface area is 141 Å². The summed E-state index contributed by atoms with van der Waals surface area (Å²) in [5.41, 5.74) is 1.92. The fourth-order valence-corrected chi connectivity index (χ4v) is 2.83. The summed E-state index contributed by atoms with van der Waals surface area (Å²) >= 11 is 0. The molecule has 2 N–H and O–H groups in total. The van der Waals surface area contributed by atoms with E-state index in [1.807, 2.05) is 60.7 Å². The van der Waals surface area contributed by atoms with Crippen molar-refractivity contribution >= 4 is 11.9 Å². The first-order chi connectivity index (χ1) is 11.6. The second-order valence-corrected chi connectivity index (χ2v) is 6.03. The van der Waals surface area contributed by atoms with Crippen LogP contribution in [0.15, 0.2) is 60.7 Å². The smallest absolute Gasteiger partial charge is 0.306 e. The lowest BCUT2D eigenvalue weighted by atomic mass is 9.88. The zero-order chi connectivity index (χ0) is 17.4. The van der Waals surface area contributed by atoms with Crippen LogP contribution < -0.4 is 0 Å². The Kier molecular flexibility index (Phi) is 6.55. The standard InChI is InChI=1S/C20H22O4/c21-19(22)17(13-15-7-3-1-4-8-15)11-12-18(20(23)24)14-16-9-5-2-6-10-16/h1-10,17-18H,11-14H2,(H,21,22)(H,23,24). The summed E-state index contributed by atoms with van der Waals surface area (Å²) < 4.78 is 0. The molecule has 0 aliphatic rings. The van der Waals surface area contributed by atoms with Crippen LogP contribution in [0.25, 0.3) is 0 Å². The predicted molar refractivity (Wildman–Crippen MR) is 91.8 cm³/mol. The second kappa shape index (κ2) is 8.87. The van der Waals surface area contributed by atoms with Crippen molar-refractivity contribution in [3.05, 3.63) is 71.8 Å². The lowest BCUT2D eigenvalue weighted by Gasteiger charge is -2.16. The zero-order valence-corrected chi connectivity index (χ0v) is 13.5. The first-order valence-corrected chi connectivity index (χ1v) is 8.09. The van der Waals surface area contributed by atoms with Crippen LogP contribution in [0.4, 0.5) is 0 Å². The van der Waals surface area contributed by atoms with E-state index in [9.17, 15) is 19.8 Å². The van der Waals surface area contributed by atoms with Crippen molar-refractivity contribution in [2.24, 2.45) is 11.8 Å². The van der Waals surface area contributed by atoms with E-state index in [0.29, 0.717) is 25.7 Å². The van der Waals surface area contributed by atoms with Gasteiger partial charge in [0.15, 0.2) is 0 Å². The van der Waals surface area contributed by atoms with Crippen LogP contribution >= 0.6 is 0 Å². The molecule has 0 amide bonds. The molecule has 0 radical (unpaired) electrons. The number of carboxylic acid groups (broad SMARTS) is 2. The average molecular weight is 326 g/mol. The summed E-state index contributed by atoms with van der Waals surface area (Å²) in [5.74, 6) is -2.87. The van der Waals surface area contributed by atoms with Gasteiger partial charge in [-0.15, -0.1) is 0 Å². The third-order valence-electron chi connectivity index (χ3n) is 4.21. The molecule has 2 aromatic rings. The first kappa shape index (κ1) is 17.7. The van der Waals surface area contributed by atoms with E-state index in [1.165, 1.54) is 0 Å². The fraction of sp³-hybridized carbons (Fsp3) is 0.300. The fourth-order valence-electron chi connectivity index (χ4n) is 2.83. The largest absolute Gasteiger partial charge is 0.481 e. The summed E-state index contributed by atoms with van der Waals surface area (Å²) in [5, 5.41) is 18.9. The summed E-state index contributed by atoms with van der Waals surface area (Å²) in [4.78, 5) is 23.0. The monoisotopic (exact) mass is 326 g/mol. The molecule has 0 aliphatic carbocycles. The molecule has 0 heterocycles. The minimum atomic E-state index is -0.872. The number of aliphatic carboxylic acids is 2. The molecule has 2 rings (SSSR count). The third kappa shape index (κ3) is 5.54. The number of carboxylic acids is 2. The molecule has 4 heteroatoms. The Morgan fingerprint density at radius 1 is 0.667 bits per heavy atom. The van der Waals surface area contributed by atoms with E-state index in [2.05, 4.69) is 0 Å². The van der Waals surface area contributed by atoms with Crippen LogP contribution in [-0.4, -0.2) is 22.2 Å². The average Bonchev–Trinajstić information content (AvgIpc) is 2.58. The Morgan fingerprint density at radius 3 is 1.29 bits per heavy atom. The van der Waals surface area contributed by atoms with Gasteiger partial charge in [0.05, 0.1) is 11.8 Å². The summed E-state index contributed by atoms with van der Waals surface area (Å²) in [6, 6.07) is 18.9. The molecule has 0 fully saturated rings. The van der Waals surface area contributed by atoms with Gasteiger partial charge in [-0.05, 0) is 36.8 Å². The number of carbonyl (C=O) groups is 2. The maximum absolute atomic E-state index is 11.5. The van der Waals surface area contributed by atoms with Gasteiger partial charge in [0.2, 0.25) is 0 Å². The van der Waals surface area contributed by atoms with Crippen molar-refractivity contribution in [3.8, 4) is 0 Å². The van der Waals surface area contributed by atoms with E-state index in [-0.39, 0.29) is 0 Å². The number of rotatable bonds is 9. The predicted octanol–water partition coefficient (Wildman–Crippen LogP) is 3.65. The molecule has 0 saturated carbocycles. The van der Waals surface area contributed by atoms with Crippen LogP contribution in [0.2, 0.25) is 0 Å². The van der Waals surface area contributed by atoms with Crippen molar-refractivity contribution in [1.29, 1.82) is 0 Å². The highest BCUT2D eigenvalue weighted by Crippen LogP contribution is 2.21. The molecule has 126 valence electrons. The lowest BCUT2D eigenvalue weighted by molar-refractivity contribution is -0.145. The van der Waals surface area contributed by atoms with E-state index in [4.69, 9.17) is 0 Å². The van der Waals surface area contributed by atoms with E-state index in [0.717, 1.165) is 11.1 Å². The molecule has 2 aromatic carbocycles. The first-order valence-electron chi connectivity index (χ1n) is 8.09. The van der Waals surface area contributed by atoms with Crippen LogP contribution in [0.1, 0.15) is 24.0 Å². The van der Waals surface area contributed by atoms with E-state index >= 15 is 0 Å². The van der Waals surface area contributed by atoms with Gasteiger partial charge in [0.25, 0.3) is 0 Å². The van der Waals surface area contributed by atoms with Gasteiger partial charge in [-0.3, -0.25) is 9.59 Å². The topological polar surface area (TPSA) is 74.6 Å². The Balaban J connectivity index is 1.97. The van der Waals surface area contributed by atoms with Crippen LogP contribution in [0.3, 0.4) is 0 Å². The van der Waals surface area contributed by atoms with Gasteiger partial charge in [-0.25, -0.2) is 0 Å². The highest BCUT2D eigenvalue weighted by atomic mass is 16.4.